The number of morpholine rings is 1. The fourth-order valence-corrected chi connectivity index (χ4v) is 3.72. The highest BCUT2D eigenvalue weighted by Crippen LogP contribution is 2.26. The van der Waals surface area contributed by atoms with Crippen LogP contribution in [0.4, 0.5) is 4.39 Å². The molecule has 2 heterocycles. The van der Waals surface area contributed by atoms with Crippen molar-refractivity contribution in [3.63, 3.8) is 0 Å². The molecule has 0 radical (unpaired) electrons. The van der Waals surface area contributed by atoms with E-state index in [1.165, 1.54) is 29.0 Å². The van der Waals surface area contributed by atoms with Gasteiger partial charge in [-0.25, -0.2) is 4.39 Å². The molecular weight excluding hydrogens is 431 g/mol. The molecule has 32 heavy (non-hydrogen) atoms. The molecule has 0 spiro atoms. The number of hydrogen-bond donors (Lipinski definition) is 1. The molecule has 3 aromatic rings. The van der Waals surface area contributed by atoms with E-state index in [0.29, 0.717) is 11.4 Å². The maximum Gasteiger partial charge on any atom is 0.261 e. The van der Waals surface area contributed by atoms with E-state index >= 15 is 0 Å². The molecular formula is C24H29FN2O4S. The summed E-state index contributed by atoms with van der Waals surface area (Å²) in [5.41, 5.74) is 2.25. The average Bonchev–Trinajstić information content (AvgIpc) is 3.25. The number of nitrogens with zero attached hydrogens (tertiary/aromatic N) is 1. The van der Waals surface area contributed by atoms with Gasteiger partial charge in [0.1, 0.15) is 19.4 Å². The van der Waals surface area contributed by atoms with Crippen LogP contribution in [-0.4, -0.2) is 57.7 Å². The minimum Gasteiger partial charge on any atom is -0.379 e. The highest BCUT2D eigenvalue weighted by Gasteiger charge is 2.10. The number of thiophene rings is 1. The molecule has 0 atom stereocenters. The van der Waals surface area contributed by atoms with Gasteiger partial charge in [0.15, 0.2) is 0 Å². The van der Waals surface area contributed by atoms with E-state index in [1.54, 1.807) is 12.1 Å². The first-order chi connectivity index (χ1) is 15.5. The molecule has 1 aliphatic heterocycles. The number of benzene rings is 2. The number of aryl methyl sites for hydroxylation is 1. The predicted molar refractivity (Wildman–Crippen MR) is 127 cm³/mol. The lowest BCUT2D eigenvalue weighted by Crippen LogP contribution is -2.32. The lowest BCUT2D eigenvalue weighted by atomic mass is 10.1. The molecule has 1 fully saturated rings. The van der Waals surface area contributed by atoms with Gasteiger partial charge in [0.25, 0.3) is 5.91 Å². The van der Waals surface area contributed by atoms with Crippen molar-refractivity contribution < 1.29 is 23.5 Å². The first-order valence-electron chi connectivity index (χ1n) is 9.88. The first-order valence-corrected chi connectivity index (χ1v) is 10.7. The summed E-state index contributed by atoms with van der Waals surface area (Å²) in [6, 6.07) is 14.3. The molecule has 1 aromatic heterocycles. The minimum absolute atomic E-state index is 0.128. The summed E-state index contributed by atoms with van der Waals surface area (Å²) in [7, 11) is 2.11. The van der Waals surface area contributed by atoms with Crippen molar-refractivity contribution in [2.24, 2.45) is 0 Å². The summed E-state index contributed by atoms with van der Waals surface area (Å²) >= 11 is 1.37. The average molecular weight is 461 g/mol. The minimum atomic E-state index is -0.285. The molecule has 8 heteroatoms. The molecule has 4 rings (SSSR count). The van der Waals surface area contributed by atoms with E-state index in [1.807, 2.05) is 44.8 Å². The van der Waals surface area contributed by atoms with Crippen LogP contribution in [0.15, 0.2) is 48.5 Å². The molecule has 0 aliphatic carbocycles. The van der Waals surface area contributed by atoms with Crippen LogP contribution in [0.5, 0.6) is 0 Å². The summed E-state index contributed by atoms with van der Waals surface area (Å²) < 4.78 is 19.2. The molecule has 1 amide bonds. The van der Waals surface area contributed by atoms with Crippen LogP contribution >= 0.6 is 11.3 Å². The Labute approximate surface area is 192 Å². The fourth-order valence-electron chi connectivity index (χ4n) is 2.76. The second kappa shape index (κ2) is 15.0. The number of carbonyl (C=O) groups is 3. The van der Waals surface area contributed by atoms with Gasteiger partial charge in [0, 0.05) is 24.3 Å². The molecule has 1 N–H and O–H groups in total. The molecule has 1 aliphatic rings. The Morgan fingerprint density at radius 3 is 2.25 bits per heavy atom. The van der Waals surface area contributed by atoms with Gasteiger partial charge < -0.3 is 24.5 Å². The third-order valence-electron chi connectivity index (χ3n) is 4.51. The number of likely N-dealkylation sites (N-methyl/N-ethyl adjacent to an activating group) is 1. The van der Waals surface area contributed by atoms with Gasteiger partial charge in [-0.1, -0.05) is 29.8 Å². The Morgan fingerprint density at radius 2 is 1.69 bits per heavy atom. The highest BCUT2D eigenvalue weighted by molar-refractivity contribution is 7.20. The Hall–Kier alpha value is -2.94. The SMILES string of the molecule is C=O.C=O.CN1CCOCC1.Cc1ccc(CNC(=O)c2cc3cc(F)ccc3s2)cc1. The largest absolute Gasteiger partial charge is 0.379 e. The lowest BCUT2D eigenvalue weighted by Gasteiger charge is -2.21. The molecule has 0 saturated carbocycles. The van der Waals surface area contributed by atoms with Crippen LogP contribution in [0.2, 0.25) is 0 Å². The van der Waals surface area contributed by atoms with Crippen LogP contribution in [0.3, 0.4) is 0 Å². The van der Waals surface area contributed by atoms with Crippen LogP contribution in [0.1, 0.15) is 20.8 Å². The zero-order valence-electron chi connectivity index (χ0n) is 18.4. The second-order valence-corrected chi connectivity index (χ2v) is 7.96. The van der Waals surface area contributed by atoms with Crippen LogP contribution < -0.4 is 5.32 Å². The summed E-state index contributed by atoms with van der Waals surface area (Å²) in [5.74, 6) is -0.413. The Morgan fingerprint density at radius 1 is 1.06 bits per heavy atom. The van der Waals surface area contributed by atoms with Crippen molar-refractivity contribution in [1.29, 1.82) is 0 Å². The van der Waals surface area contributed by atoms with Crippen molar-refractivity contribution in [3.05, 3.63) is 70.4 Å². The van der Waals surface area contributed by atoms with Crippen LogP contribution in [0, 0.1) is 12.7 Å². The van der Waals surface area contributed by atoms with Crippen molar-refractivity contribution >= 4 is 40.9 Å². The number of nitrogens with one attached hydrogen (secondary N) is 1. The lowest BCUT2D eigenvalue weighted by molar-refractivity contribution is -0.0987. The number of ether oxygens (including phenoxy) is 1. The van der Waals surface area contributed by atoms with Crippen molar-refractivity contribution in [3.8, 4) is 0 Å². The Bertz CT molecular complexity index is 954. The van der Waals surface area contributed by atoms with E-state index in [-0.39, 0.29) is 11.7 Å². The van der Waals surface area contributed by atoms with E-state index in [2.05, 4.69) is 17.3 Å². The van der Waals surface area contributed by atoms with Crippen LogP contribution in [-0.2, 0) is 20.9 Å². The fraction of sp³-hybridized carbons (Fsp3) is 0.292. The first kappa shape index (κ1) is 27.1. The third kappa shape index (κ3) is 9.05. The number of halogens is 1. The molecule has 1 saturated heterocycles. The van der Waals surface area contributed by atoms with Gasteiger partial charge in [-0.15, -0.1) is 11.3 Å². The Balaban J connectivity index is 0.000000390. The zero-order valence-corrected chi connectivity index (χ0v) is 19.3. The number of hydrogen-bond acceptors (Lipinski definition) is 6. The van der Waals surface area contributed by atoms with Crippen molar-refractivity contribution in [2.45, 2.75) is 13.5 Å². The maximum atomic E-state index is 13.2. The zero-order chi connectivity index (χ0) is 23.9. The maximum absolute atomic E-state index is 13.2. The standard InChI is InChI=1S/C17H14FNOS.C5H11NO.2CH2O/c1-11-2-4-12(5-3-11)10-19-17(20)16-9-13-8-14(18)6-7-15(13)21-16;1-6-2-4-7-5-3-6;2*1-2/h2-9H,10H2,1H3,(H,19,20);2-5H2,1H3;2*1H2. The third-order valence-corrected chi connectivity index (χ3v) is 5.63. The monoisotopic (exact) mass is 460 g/mol. The van der Waals surface area contributed by atoms with Gasteiger partial charge in [0.2, 0.25) is 0 Å². The predicted octanol–water partition coefficient (Wildman–Crippen LogP) is 3.86. The van der Waals surface area contributed by atoms with Crippen molar-refractivity contribution in [1.82, 2.24) is 10.2 Å². The Kier molecular flexibility index (Phi) is 12.7. The van der Waals surface area contributed by atoms with E-state index in [0.717, 1.165) is 42.0 Å². The van der Waals surface area contributed by atoms with E-state index in [9.17, 15) is 9.18 Å². The molecule has 0 bridgehead atoms. The summed E-state index contributed by atoms with van der Waals surface area (Å²) in [5, 5.41) is 3.65. The van der Waals surface area contributed by atoms with Gasteiger partial charge in [-0.05, 0) is 49.2 Å². The normalized spacial score (nSPS) is 12.8. The number of rotatable bonds is 3. The van der Waals surface area contributed by atoms with Crippen molar-refractivity contribution in [2.75, 3.05) is 33.4 Å². The summed E-state index contributed by atoms with van der Waals surface area (Å²) in [6.07, 6.45) is 0. The quantitative estimate of drug-likeness (QED) is 0.643. The van der Waals surface area contributed by atoms with Crippen LogP contribution in [0.25, 0.3) is 10.1 Å². The summed E-state index contributed by atoms with van der Waals surface area (Å²) in [6.45, 7) is 10.5. The number of amides is 1. The number of carbonyl (C=O) groups excluding carboxylic acids is 3. The van der Waals surface area contributed by atoms with Gasteiger partial charge in [-0.2, -0.15) is 0 Å². The van der Waals surface area contributed by atoms with E-state index in [4.69, 9.17) is 14.3 Å². The van der Waals surface area contributed by atoms with Gasteiger partial charge in [-0.3, -0.25) is 4.79 Å². The topological polar surface area (TPSA) is 75.7 Å². The van der Waals surface area contributed by atoms with Gasteiger partial charge >= 0.3 is 0 Å². The molecule has 0 unspecified atom stereocenters. The second-order valence-electron chi connectivity index (χ2n) is 6.88. The number of fused-ring (bicyclic) bond motifs is 1. The smallest absolute Gasteiger partial charge is 0.261 e. The van der Waals surface area contributed by atoms with Gasteiger partial charge in [0.05, 0.1) is 18.1 Å². The highest BCUT2D eigenvalue weighted by atomic mass is 32.1. The molecule has 172 valence electrons. The molecule has 2 aromatic carbocycles. The van der Waals surface area contributed by atoms with E-state index < -0.39 is 0 Å². The molecule has 6 nitrogen and oxygen atoms in total. The summed E-state index contributed by atoms with van der Waals surface area (Å²) in [4.78, 5) is 31.0.